The average Bonchev–Trinajstić information content (AvgIpc) is 2.43. The van der Waals surface area contributed by atoms with Crippen molar-refractivity contribution in [3.05, 3.63) is 34.1 Å². The Labute approximate surface area is 136 Å². The van der Waals surface area contributed by atoms with Gasteiger partial charge in [-0.25, -0.2) is 4.39 Å². The van der Waals surface area contributed by atoms with Gasteiger partial charge in [0.25, 0.3) is 0 Å². The molecule has 0 amide bonds. The SMILES string of the molecule is CCC1SCCSC1C(Cc1cc(F)cc(Br)c1)NN. The van der Waals surface area contributed by atoms with Gasteiger partial charge in [0.1, 0.15) is 5.82 Å². The van der Waals surface area contributed by atoms with Crippen LogP contribution in [0.2, 0.25) is 0 Å². The second-order valence-corrected chi connectivity index (χ2v) is 8.46. The standard InChI is InChI=1S/C14H20BrFN2S2/c1-2-13-14(20-4-3-19-13)12(18-17)7-9-5-10(15)8-11(16)6-9/h5-6,8,12-14,18H,2-4,7,17H2,1H3. The Kier molecular flexibility index (Phi) is 6.68. The minimum Gasteiger partial charge on any atom is -0.271 e. The van der Waals surface area contributed by atoms with E-state index >= 15 is 0 Å². The number of hydrogen-bond acceptors (Lipinski definition) is 4. The Morgan fingerprint density at radius 3 is 2.80 bits per heavy atom. The van der Waals surface area contributed by atoms with E-state index in [1.54, 1.807) is 6.07 Å². The predicted octanol–water partition coefficient (Wildman–Crippen LogP) is 3.59. The first kappa shape index (κ1) is 16.6. The van der Waals surface area contributed by atoms with Crippen molar-refractivity contribution >= 4 is 39.5 Å². The molecular formula is C14H20BrFN2S2. The lowest BCUT2D eigenvalue weighted by Gasteiger charge is -2.35. The molecule has 20 heavy (non-hydrogen) atoms. The Hall–Kier alpha value is 0.250. The number of nitrogens with two attached hydrogens (primary N) is 1. The van der Waals surface area contributed by atoms with E-state index in [0.717, 1.165) is 28.6 Å². The number of halogens is 2. The highest BCUT2D eigenvalue weighted by atomic mass is 79.9. The number of hydrazine groups is 1. The summed E-state index contributed by atoms with van der Waals surface area (Å²) < 4.78 is 14.3. The quantitative estimate of drug-likeness (QED) is 0.606. The molecule has 1 aromatic rings. The van der Waals surface area contributed by atoms with Gasteiger partial charge in [-0.05, 0) is 36.6 Å². The maximum Gasteiger partial charge on any atom is 0.124 e. The van der Waals surface area contributed by atoms with E-state index in [1.807, 2.05) is 29.6 Å². The van der Waals surface area contributed by atoms with E-state index in [4.69, 9.17) is 5.84 Å². The van der Waals surface area contributed by atoms with Crippen molar-refractivity contribution in [1.82, 2.24) is 5.43 Å². The lowest BCUT2D eigenvalue weighted by Crippen LogP contribution is -2.49. The number of nitrogens with one attached hydrogen (secondary N) is 1. The number of thioether (sulfide) groups is 2. The molecule has 0 aliphatic carbocycles. The van der Waals surface area contributed by atoms with Crippen LogP contribution in [0, 0.1) is 5.82 Å². The van der Waals surface area contributed by atoms with Crippen LogP contribution in [-0.4, -0.2) is 28.0 Å². The van der Waals surface area contributed by atoms with Crippen LogP contribution in [0.5, 0.6) is 0 Å². The molecule has 2 nitrogen and oxygen atoms in total. The zero-order valence-corrected chi connectivity index (χ0v) is 14.7. The molecular weight excluding hydrogens is 359 g/mol. The summed E-state index contributed by atoms with van der Waals surface area (Å²) >= 11 is 7.36. The average molecular weight is 379 g/mol. The summed E-state index contributed by atoms with van der Waals surface area (Å²) in [5.74, 6) is 7.94. The lowest BCUT2D eigenvalue weighted by molar-refractivity contribution is 0.489. The molecule has 112 valence electrons. The topological polar surface area (TPSA) is 38.0 Å². The third-order valence-corrected chi connectivity index (χ3v) is 7.35. The molecule has 3 unspecified atom stereocenters. The van der Waals surface area contributed by atoms with Gasteiger partial charge >= 0.3 is 0 Å². The largest absolute Gasteiger partial charge is 0.271 e. The molecule has 3 N–H and O–H groups in total. The molecule has 1 fully saturated rings. The van der Waals surface area contributed by atoms with Crippen LogP contribution in [0.1, 0.15) is 18.9 Å². The Morgan fingerprint density at radius 1 is 1.40 bits per heavy atom. The summed E-state index contributed by atoms with van der Waals surface area (Å²) in [7, 11) is 0. The smallest absolute Gasteiger partial charge is 0.124 e. The van der Waals surface area contributed by atoms with E-state index in [1.165, 1.54) is 11.8 Å². The minimum absolute atomic E-state index is 0.173. The van der Waals surface area contributed by atoms with Gasteiger partial charge in [-0.3, -0.25) is 11.3 Å². The molecule has 1 heterocycles. The van der Waals surface area contributed by atoms with Crippen LogP contribution in [-0.2, 0) is 6.42 Å². The Bertz CT molecular complexity index is 427. The monoisotopic (exact) mass is 378 g/mol. The van der Waals surface area contributed by atoms with Crippen molar-refractivity contribution in [3.63, 3.8) is 0 Å². The number of benzene rings is 1. The van der Waals surface area contributed by atoms with Gasteiger partial charge in [0.15, 0.2) is 0 Å². The maximum atomic E-state index is 13.5. The van der Waals surface area contributed by atoms with Gasteiger partial charge < -0.3 is 0 Å². The van der Waals surface area contributed by atoms with Crippen molar-refractivity contribution in [3.8, 4) is 0 Å². The van der Waals surface area contributed by atoms with E-state index in [-0.39, 0.29) is 11.9 Å². The van der Waals surface area contributed by atoms with Gasteiger partial charge in [-0.2, -0.15) is 23.5 Å². The number of hydrogen-bond donors (Lipinski definition) is 2. The first-order valence-electron chi connectivity index (χ1n) is 6.78. The summed E-state index contributed by atoms with van der Waals surface area (Å²) in [4.78, 5) is 0. The normalized spacial score (nSPS) is 24.6. The van der Waals surface area contributed by atoms with Crippen molar-refractivity contribution in [2.75, 3.05) is 11.5 Å². The molecule has 1 aliphatic heterocycles. The summed E-state index contributed by atoms with van der Waals surface area (Å²) in [6, 6.07) is 5.21. The van der Waals surface area contributed by atoms with Crippen molar-refractivity contribution in [2.24, 2.45) is 5.84 Å². The van der Waals surface area contributed by atoms with Crippen LogP contribution in [0.3, 0.4) is 0 Å². The van der Waals surface area contributed by atoms with Crippen molar-refractivity contribution < 1.29 is 4.39 Å². The van der Waals surface area contributed by atoms with Crippen LogP contribution in [0.15, 0.2) is 22.7 Å². The fourth-order valence-electron chi connectivity index (χ4n) is 2.56. The summed E-state index contributed by atoms with van der Waals surface area (Å²) in [5, 5.41) is 1.09. The molecule has 0 aromatic heterocycles. The second-order valence-electron chi connectivity index (χ2n) is 4.91. The Balaban J connectivity index is 2.11. The third-order valence-electron chi connectivity index (χ3n) is 3.48. The molecule has 0 spiro atoms. The fourth-order valence-corrected chi connectivity index (χ4v) is 6.32. The Morgan fingerprint density at radius 2 is 2.15 bits per heavy atom. The molecule has 0 radical (unpaired) electrons. The highest BCUT2D eigenvalue weighted by molar-refractivity contribution is 9.10. The van der Waals surface area contributed by atoms with Crippen LogP contribution in [0.25, 0.3) is 0 Å². The summed E-state index contributed by atoms with van der Waals surface area (Å²) in [6.45, 7) is 2.23. The lowest BCUT2D eigenvalue weighted by atomic mass is 10.0. The molecule has 3 atom stereocenters. The minimum atomic E-state index is -0.206. The van der Waals surface area contributed by atoms with Crippen LogP contribution >= 0.6 is 39.5 Å². The van der Waals surface area contributed by atoms with Crippen LogP contribution < -0.4 is 11.3 Å². The van der Waals surface area contributed by atoms with Gasteiger partial charge in [-0.1, -0.05) is 22.9 Å². The highest BCUT2D eigenvalue weighted by Gasteiger charge is 2.31. The molecule has 1 aromatic carbocycles. The van der Waals surface area contributed by atoms with Crippen molar-refractivity contribution in [1.29, 1.82) is 0 Å². The maximum absolute atomic E-state index is 13.5. The zero-order valence-electron chi connectivity index (χ0n) is 11.4. The first-order chi connectivity index (χ1) is 9.63. The summed E-state index contributed by atoms with van der Waals surface area (Å²) in [6.07, 6.45) is 1.90. The van der Waals surface area contributed by atoms with E-state index in [9.17, 15) is 4.39 Å². The molecule has 0 bridgehead atoms. The predicted molar refractivity (Wildman–Crippen MR) is 91.7 cm³/mol. The molecule has 6 heteroatoms. The highest BCUT2D eigenvalue weighted by Crippen LogP contribution is 2.36. The van der Waals surface area contributed by atoms with Gasteiger partial charge in [0, 0.05) is 32.5 Å². The third kappa shape index (κ3) is 4.37. The van der Waals surface area contributed by atoms with Crippen LogP contribution in [0.4, 0.5) is 4.39 Å². The molecule has 0 saturated carbocycles. The van der Waals surface area contributed by atoms with E-state index < -0.39 is 0 Å². The number of rotatable bonds is 5. The van der Waals surface area contributed by atoms with E-state index in [2.05, 4.69) is 28.3 Å². The van der Waals surface area contributed by atoms with E-state index in [0.29, 0.717) is 10.5 Å². The summed E-state index contributed by atoms with van der Waals surface area (Å²) in [5.41, 5.74) is 3.93. The fraction of sp³-hybridized carbons (Fsp3) is 0.571. The molecule has 1 saturated heterocycles. The zero-order chi connectivity index (χ0) is 14.5. The van der Waals surface area contributed by atoms with Gasteiger partial charge in [0.05, 0.1) is 0 Å². The molecule has 1 aliphatic rings. The van der Waals surface area contributed by atoms with Crippen molar-refractivity contribution in [2.45, 2.75) is 36.3 Å². The molecule has 2 rings (SSSR count). The van der Waals surface area contributed by atoms with Gasteiger partial charge in [-0.15, -0.1) is 0 Å². The van der Waals surface area contributed by atoms with Gasteiger partial charge in [0.2, 0.25) is 0 Å². The second kappa shape index (κ2) is 8.03. The first-order valence-corrected chi connectivity index (χ1v) is 9.67.